The van der Waals surface area contributed by atoms with Crippen LogP contribution in [0.1, 0.15) is 25.0 Å². The fourth-order valence-corrected chi connectivity index (χ4v) is 1.84. The van der Waals surface area contributed by atoms with Gasteiger partial charge >= 0.3 is 5.97 Å². The molecule has 1 rings (SSSR count). The van der Waals surface area contributed by atoms with E-state index in [1.54, 1.807) is 25.1 Å². The van der Waals surface area contributed by atoms with Gasteiger partial charge in [-0.2, -0.15) is 0 Å². The van der Waals surface area contributed by atoms with Gasteiger partial charge in [0.05, 0.1) is 20.3 Å². The lowest BCUT2D eigenvalue weighted by Gasteiger charge is -2.17. The molecule has 3 N–H and O–H groups in total. The molecule has 0 saturated heterocycles. The van der Waals surface area contributed by atoms with Crippen molar-refractivity contribution in [2.24, 2.45) is 0 Å². The Morgan fingerprint density at radius 2 is 1.95 bits per heavy atom. The standard InChI is InChI=1S/C14H21NO5/c1-4-10(14(17)18)15-8-11(16)9-5-6-12(19-2)13(7-9)20-3/h5-7,10-11,15-16H,4,8H2,1-3H3,(H,17,18). The number of nitrogens with one attached hydrogen (secondary N) is 1. The summed E-state index contributed by atoms with van der Waals surface area (Å²) >= 11 is 0. The minimum absolute atomic E-state index is 0.153. The summed E-state index contributed by atoms with van der Waals surface area (Å²) in [7, 11) is 3.05. The first kappa shape index (κ1) is 16.3. The number of methoxy groups -OCH3 is 2. The van der Waals surface area contributed by atoms with Gasteiger partial charge in [-0.25, -0.2) is 0 Å². The first-order valence-electron chi connectivity index (χ1n) is 6.39. The molecule has 2 unspecified atom stereocenters. The van der Waals surface area contributed by atoms with Crippen LogP contribution in [0.25, 0.3) is 0 Å². The van der Waals surface area contributed by atoms with E-state index in [9.17, 15) is 9.90 Å². The number of carboxylic acids is 1. The molecule has 20 heavy (non-hydrogen) atoms. The molecular formula is C14H21NO5. The molecule has 1 aromatic rings. The Morgan fingerprint density at radius 3 is 2.45 bits per heavy atom. The van der Waals surface area contributed by atoms with Crippen molar-refractivity contribution in [1.82, 2.24) is 5.32 Å². The molecule has 112 valence electrons. The van der Waals surface area contributed by atoms with Crippen LogP contribution < -0.4 is 14.8 Å². The predicted octanol–water partition coefficient (Wildman–Crippen LogP) is 1.19. The summed E-state index contributed by atoms with van der Waals surface area (Å²) in [6.07, 6.45) is -0.364. The Kier molecular flexibility index (Phi) is 6.27. The summed E-state index contributed by atoms with van der Waals surface area (Å²) in [6.45, 7) is 1.93. The Labute approximate surface area is 118 Å². The first-order chi connectivity index (χ1) is 9.53. The average Bonchev–Trinajstić information content (AvgIpc) is 2.46. The smallest absolute Gasteiger partial charge is 0.320 e. The van der Waals surface area contributed by atoms with Crippen molar-refractivity contribution < 1.29 is 24.5 Å². The Balaban J connectivity index is 2.72. The van der Waals surface area contributed by atoms with Crippen molar-refractivity contribution in [3.8, 4) is 11.5 Å². The highest BCUT2D eigenvalue weighted by atomic mass is 16.5. The second kappa shape index (κ2) is 7.72. The maximum atomic E-state index is 10.9. The number of hydrogen-bond acceptors (Lipinski definition) is 5. The highest BCUT2D eigenvalue weighted by Gasteiger charge is 2.17. The van der Waals surface area contributed by atoms with Crippen LogP contribution in [-0.2, 0) is 4.79 Å². The zero-order valence-electron chi connectivity index (χ0n) is 11.9. The molecule has 0 aromatic heterocycles. The molecule has 0 radical (unpaired) electrons. The number of aliphatic carboxylic acids is 1. The zero-order valence-corrected chi connectivity index (χ0v) is 11.9. The molecule has 0 aliphatic rings. The molecule has 2 atom stereocenters. The van der Waals surface area contributed by atoms with E-state index < -0.39 is 18.1 Å². The zero-order chi connectivity index (χ0) is 15.1. The van der Waals surface area contributed by atoms with E-state index in [0.717, 1.165) is 0 Å². The Morgan fingerprint density at radius 1 is 1.30 bits per heavy atom. The summed E-state index contributed by atoms with van der Waals surface area (Å²) in [6, 6.07) is 4.43. The molecule has 0 fully saturated rings. The van der Waals surface area contributed by atoms with Crippen LogP contribution in [0, 0.1) is 0 Å². The monoisotopic (exact) mass is 283 g/mol. The summed E-state index contributed by atoms with van der Waals surface area (Å²) < 4.78 is 10.3. The number of hydrogen-bond donors (Lipinski definition) is 3. The van der Waals surface area contributed by atoms with Gasteiger partial charge in [0.15, 0.2) is 11.5 Å². The van der Waals surface area contributed by atoms with Gasteiger partial charge in [-0.3, -0.25) is 4.79 Å². The third-order valence-electron chi connectivity index (χ3n) is 3.06. The molecule has 0 aliphatic heterocycles. The van der Waals surface area contributed by atoms with Gasteiger partial charge in [-0.1, -0.05) is 13.0 Å². The lowest BCUT2D eigenvalue weighted by Crippen LogP contribution is -2.38. The van der Waals surface area contributed by atoms with E-state index in [1.807, 2.05) is 0 Å². The van der Waals surface area contributed by atoms with Crippen molar-refractivity contribution in [1.29, 1.82) is 0 Å². The van der Waals surface area contributed by atoms with Crippen molar-refractivity contribution in [3.05, 3.63) is 23.8 Å². The molecule has 0 spiro atoms. The van der Waals surface area contributed by atoms with Crippen LogP contribution in [-0.4, -0.2) is 43.0 Å². The molecule has 6 nitrogen and oxygen atoms in total. The minimum atomic E-state index is -0.924. The Hall–Kier alpha value is -1.79. The van der Waals surface area contributed by atoms with Crippen molar-refractivity contribution in [2.75, 3.05) is 20.8 Å². The number of carbonyl (C=O) groups is 1. The Bertz CT molecular complexity index is 449. The third-order valence-corrected chi connectivity index (χ3v) is 3.06. The molecule has 0 bridgehead atoms. The second-order valence-electron chi connectivity index (χ2n) is 4.34. The fraction of sp³-hybridized carbons (Fsp3) is 0.500. The predicted molar refractivity (Wildman–Crippen MR) is 74.2 cm³/mol. The molecule has 1 aromatic carbocycles. The SMILES string of the molecule is CCC(NCC(O)c1ccc(OC)c(OC)c1)C(=O)O. The van der Waals surface area contributed by atoms with Gasteiger partial charge in [-0.05, 0) is 24.1 Å². The van der Waals surface area contributed by atoms with E-state index in [1.165, 1.54) is 14.2 Å². The quantitative estimate of drug-likeness (QED) is 0.664. The molecule has 0 aliphatic carbocycles. The van der Waals surface area contributed by atoms with Gasteiger partial charge in [0, 0.05) is 6.54 Å². The van der Waals surface area contributed by atoms with Gasteiger partial charge < -0.3 is 25.0 Å². The van der Waals surface area contributed by atoms with Crippen LogP contribution in [0.15, 0.2) is 18.2 Å². The van der Waals surface area contributed by atoms with Gasteiger partial charge in [0.2, 0.25) is 0 Å². The lowest BCUT2D eigenvalue weighted by molar-refractivity contribution is -0.139. The summed E-state index contributed by atoms with van der Waals surface area (Å²) in [5, 5.41) is 21.8. The van der Waals surface area contributed by atoms with Gasteiger partial charge in [0.25, 0.3) is 0 Å². The maximum absolute atomic E-state index is 10.9. The van der Waals surface area contributed by atoms with Crippen molar-refractivity contribution in [3.63, 3.8) is 0 Å². The highest BCUT2D eigenvalue weighted by Crippen LogP contribution is 2.29. The van der Waals surface area contributed by atoms with Crippen LogP contribution in [0.3, 0.4) is 0 Å². The number of aliphatic hydroxyl groups excluding tert-OH is 1. The molecule has 6 heteroatoms. The van der Waals surface area contributed by atoms with Crippen LogP contribution >= 0.6 is 0 Å². The van der Waals surface area contributed by atoms with E-state index in [2.05, 4.69) is 5.32 Å². The topological polar surface area (TPSA) is 88.0 Å². The third kappa shape index (κ3) is 4.11. The van der Waals surface area contributed by atoms with Crippen molar-refractivity contribution >= 4 is 5.97 Å². The number of carboxylic acid groups (broad SMARTS) is 1. The molecular weight excluding hydrogens is 262 g/mol. The van der Waals surface area contributed by atoms with E-state index in [-0.39, 0.29) is 6.54 Å². The van der Waals surface area contributed by atoms with E-state index >= 15 is 0 Å². The summed E-state index contributed by atoms with van der Waals surface area (Å²) in [5.74, 6) is 0.176. The number of rotatable bonds is 8. The van der Waals surface area contributed by atoms with Crippen LogP contribution in [0.5, 0.6) is 11.5 Å². The van der Waals surface area contributed by atoms with Crippen LogP contribution in [0.2, 0.25) is 0 Å². The largest absolute Gasteiger partial charge is 0.493 e. The number of aliphatic hydroxyl groups is 1. The number of benzene rings is 1. The van der Waals surface area contributed by atoms with E-state index in [0.29, 0.717) is 23.5 Å². The molecule has 0 heterocycles. The second-order valence-corrected chi connectivity index (χ2v) is 4.34. The summed E-state index contributed by atoms with van der Waals surface area (Å²) in [5.41, 5.74) is 0.635. The molecule has 0 saturated carbocycles. The van der Waals surface area contributed by atoms with Gasteiger partial charge in [0.1, 0.15) is 6.04 Å². The van der Waals surface area contributed by atoms with Crippen LogP contribution in [0.4, 0.5) is 0 Å². The minimum Gasteiger partial charge on any atom is -0.493 e. The fourth-order valence-electron chi connectivity index (χ4n) is 1.84. The average molecular weight is 283 g/mol. The normalized spacial score (nSPS) is 13.6. The molecule has 0 amide bonds. The van der Waals surface area contributed by atoms with E-state index in [4.69, 9.17) is 14.6 Å². The van der Waals surface area contributed by atoms with Gasteiger partial charge in [-0.15, -0.1) is 0 Å². The first-order valence-corrected chi connectivity index (χ1v) is 6.39. The highest BCUT2D eigenvalue weighted by molar-refractivity contribution is 5.73. The van der Waals surface area contributed by atoms with Crippen molar-refractivity contribution in [2.45, 2.75) is 25.5 Å². The maximum Gasteiger partial charge on any atom is 0.320 e. The number of ether oxygens (including phenoxy) is 2. The lowest BCUT2D eigenvalue weighted by atomic mass is 10.1. The summed E-state index contributed by atoms with van der Waals surface area (Å²) in [4.78, 5) is 10.9.